The molecule has 2 rings (SSSR count). The Bertz CT molecular complexity index is 478. The Morgan fingerprint density at radius 3 is 2.90 bits per heavy atom. The van der Waals surface area contributed by atoms with Crippen molar-refractivity contribution in [1.29, 1.82) is 0 Å². The van der Waals surface area contributed by atoms with Gasteiger partial charge in [-0.25, -0.2) is 0 Å². The van der Waals surface area contributed by atoms with E-state index in [0.717, 1.165) is 24.8 Å². The molecule has 20 heavy (non-hydrogen) atoms. The minimum atomic E-state index is -0.419. The minimum Gasteiger partial charge on any atom is -0.496 e. The van der Waals surface area contributed by atoms with Crippen molar-refractivity contribution in [1.82, 2.24) is 5.32 Å². The minimum absolute atomic E-state index is 0.0336. The number of nitrogens with one attached hydrogen (secondary N) is 1. The van der Waals surface area contributed by atoms with Gasteiger partial charge in [-0.3, -0.25) is 10.1 Å². The largest absolute Gasteiger partial charge is 0.496 e. The average molecular weight is 280 g/mol. The van der Waals surface area contributed by atoms with E-state index in [2.05, 4.69) is 5.32 Å². The number of benzene rings is 1. The molecule has 0 radical (unpaired) electrons. The van der Waals surface area contributed by atoms with Crippen LogP contribution in [-0.2, 0) is 6.54 Å². The summed E-state index contributed by atoms with van der Waals surface area (Å²) < 4.78 is 5.09. The molecule has 6 heteroatoms. The molecule has 0 saturated heterocycles. The number of nitro benzene ring substituents is 1. The Hall–Kier alpha value is -1.66. The first-order valence-electron chi connectivity index (χ1n) is 6.80. The summed E-state index contributed by atoms with van der Waals surface area (Å²) in [5.74, 6) is 0.775. The van der Waals surface area contributed by atoms with Crippen LogP contribution in [0, 0.1) is 16.0 Å². The van der Waals surface area contributed by atoms with Gasteiger partial charge in [-0.1, -0.05) is 6.42 Å². The lowest BCUT2D eigenvalue weighted by Crippen LogP contribution is -2.33. The third kappa shape index (κ3) is 3.46. The van der Waals surface area contributed by atoms with Crippen molar-refractivity contribution in [3.63, 3.8) is 0 Å². The molecule has 0 spiro atoms. The Kier molecular flexibility index (Phi) is 4.92. The highest BCUT2D eigenvalue weighted by Gasteiger charge is 2.26. The van der Waals surface area contributed by atoms with E-state index in [9.17, 15) is 15.2 Å². The third-order valence-electron chi connectivity index (χ3n) is 3.86. The molecule has 0 amide bonds. The van der Waals surface area contributed by atoms with E-state index in [1.54, 1.807) is 12.1 Å². The van der Waals surface area contributed by atoms with Gasteiger partial charge in [0.2, 0.25) is 0 Å². The highest BCUT2D eigenvalue weighted by molar-refractivity contribution is 5.42. The van der Waals surface area contributed by atoms with Crippen LogP contribution in [0.25, 0.3) is 0 Å². The fourth-order valence-electron chi connectivity index (χ4n) is 2.74. The summed E-state index contributed by atoms with van der Waals surface area (Å²) in [4.78, 5) is 10.5. The zero-order chi connectivity index (χ0) is 14.5. The number of nitrogens with zero attached hydrogens (tertiary/aromatic N) is 1. The Morgan fingerprint density at radius 1 is 1.45 bits per heavy atom. The molecule has 2 N–H and O–H groups in total. The molecule has 1 saturated carbocycles. The van der Waals surface area contributed by atoms with Crippen LogP contribution in [0.5, 0.6) is 5.75 Å². The lowest BCUT2D eigenvalue weighted by atomic mass is 10.0. The van der Waals surface area contributed by atoms with Gasteiger partial charge in [0.15, 0.2) is 0 Å². The number of rotatable bonds is 6. The van der Waals surface area contributed by atoms with Crippen molar-refractivity contribution in [2.75, 3.05) is 13.7 Å². The normalized spacial score (nSPS) is 21.9. The summed E-state index contributed by atoms with van der Waals surface area (Å²) in [6, 6.07) is 5.04. The van der Waals surface area contributed by atoms with Crippen molar-refractivity contribution < 1.29 is 14.8 Å². The molecule has 1 fully saturated rings. The second-order valence-electron chi connectivity index (χ2n) is 5.16. The van der Waals surface area contributed by atoms with Gasteiger partial charge in [-0.05, 0) is 30.4 Å². The highest BCUT2D eigenvalue weighted by atomic mass is 16.6. The third-order valence-corrected chi connectivity index (χ3v) is 3.86. The van der Waals surface area contributed by atoms with Gasteiger partial charge in [0.05, 0.1) is 18.1 Å². The molecule has 2 unspecified atom stereocenters. The SMILES string of the molecule is COc1cc(CNC2CCCC2CO)cc([N+](=O)[O-])c1. The number of hydrogen-bond acceptors (Lipinski definition) is 5. The smallest absolute Gasteiger partial charge is 0.273 e. The molecular weight excluding hydrogens is 260 g/mol. The van der Waals surface area contributed by atoms with Gasteiger partial charge in [-0.15, -0.1) is 0 Å². The molecule has 1 aliphatic carbocycles. The molecule has 0 heterocycles. The van der Waals surface area contributed by atoms with Crippen LogP contribution < -0.4 is 10.1 Å². The van der Waals surface area contributed by atoms with E-state index in [1.165, 1.54) is 13.2 Å². The summed E-state index contributed by atoms with van der Waals surface area (Å²) >= 11 is 0. The first kappa shape index (κ1) is 14.7. The summed E-state index contributed by atoms with van der Waals surface area (Å²) in [6.45, 7) is 0.731. The molecular formula is C14H20N2O4. The van der Waals surface area contributed by atoms with Crippen molar-refractivity contribution in [3.05, 3.63) is 33.9 Å². The van der Waals surface area contributed by atoms with Gasteiger partial charge in [-0.2, -0.15) is 0 Å². The Labute approximate surface area is 117 Å². The van der Waals surface area contributed by atoms with Crippen LogP contribution in [-0.4, -0.2) is 29.8 Å². The fraction of sp³-hybridized carbons (Fsp3) is 0.571. The molecule has 2 atom stereocenters. The number of nitro groups is 1. The molecule has 0 bridgehead atoms. The first-order chi connectivity index (χ1) is 9.63. The van der Waals surface area contributed by atoms with Crippen molar-refractivity contribution in [2.45, 2.75) is 31.8 Å². The van der Waals surface area contributed by atoms with Crippen LogP contribution in [0.1, 0.15) is 24.8 Å². The lowest BCUT2D eigenvalue weighted by molar-refractivity contribution is -0.385. The average Bonchev–Trinajstić information content (AvgIpc) is 2.92. The number of non-ortho nitro benzene ring substituents is 1. The Morgan fingerprint density at radius 2 is 2.25 bits per heavy atom. The zero-order valence-corrected chi connectivity index (χ0v) is 11.5. The molecule has 0 aromatic heterocycles. The topological polar surface area (TPSA) is 84.6 Å². The highest BCUT2D eigenvalue weighted by Crippen LogP contribution is 2.26. The molecule has 6 nitrogen and oxygen atoms in total. The van der Waals surface area contributed by atoms with Gasteiger partial charge >= 0.3 is 0 Å². The second-order valence-corrected chi connectivity index (χ2v) is 5.16. The molecule has 1 aliphatic rings. The summed E-state index contributed by atoms with van der Waals surface area (Å²) in [6.07, 6.45) is 3.19. The Balaban J connectivity index is 2.05. The molecule has 110 valence electrons. The van der Waals surface area contributed by atoms with E-state index in [0.29, 0.717) is 12.3 Å². The summed E-state index contributed by atoms with van der Waals surface area (Å²) in [5, 5.41) is 23.5. The number of aliphatic hydroxyl groups excluding tert-OH is 1. The number of ether oxygens (including phenoxy) is 1. The monoisotopic (exact) mass is 280 g/mol. The van der Waals surface area contributed by atoms with Gasteiger partial charge in [0, 0.05) is 25.3 Å². The first-order valence-corrected chi connectivity index (χ1v) is 6.80. The molecule has 0 aliphatic heterocycles. The number of hydrogen-bond donors (Lipinski definition) is 2. The predicted molar refractivity (Wildman–Crippen MR) is 74.7 cm³/mol. The van der Waals surface area contributed by atoms with Crippen LogP contribution >= 0.6 is 0 Å². The van der Waals surface area contributed by atoms with E-state index in [-0.39, 0.29) is 24.3 Å². The maximum Gasteiger partial charge on any atom is 0.273 e. The van der Waals surface area contributed by atoms with Crippen molar-refractivity contribution >= 4 is 5.69 Å². The van der Waals surface area contributed by atoms with Crippen LogP contribution in [0.15, 0.2) is 18.2 Å². The summed E-state index contributed by atoms with van der Waals surface area (Å²) in [7, 11) is 1.50. The van der Waals surface area contributed by atoms with Gasteiger partial charge < -0.3 is 15.2 Å². The lowest BCUT2D eigenvalue weighted by Gasteiger charge is -2.19. The quantitative estimate of drug-likeness (QED) is 0.613. The zero-order valence-electron chi connectivity index (χ0n) is 11.5. The van der Waals surface area contributed by atoms with Gasteiger partial charge in [0.1, 0.15) is 5.75 Å². The second kappa shape index (κ2) is 6.67. The fourth-order valence-corrected chi connectivity index (χ4v) is 2.74. The number of aliphatic hydroxyl groups is 1. The van der Waals surface area contributed by atoms with Crippen molar-refractivity contribution in [3.8, 4) is 5.75 Å². The standard InChI is InChI=1S/C14H20N2O4/c1-20-13-6-10(5-12(7-13)16(18)19)8-15-14-4-2-3-11(14)9-17/h5-7,11,14-15,17H,2-4,8-9H2,1H3. The van der Waals surface area contributed by atoms with E-state index >= 15 is 0 Å². The molecule has 1 aromatic rings. The van der Waals surface area contributed by atoms with E-state index in [1.807, 2.05) is 0 Å². The maximum absolute atomic E-state index is 10.9. The van der Waals surface area contributed by atoms with Gasteiger partial charge in [0.25, 0.3) is 5.69 Å². The van der Waals surface area contributed by atoms with Crippen LogP contribution in [0.3, 0.4) is 0 Å². The van der Waals surface area contributed by atoms with Crippen LogP contribution in [0.4, 0.5) is 5.69 Å². The van der Waals surface area contributed by atoms with Crippen LogP contribution in [0.2, 0.25) is 0 Å². The van der Waals surface area contributed by atoms with Crippen molar-refractivity contribution in [2.24, 2.45) is 5.92 Å². The van der Waals surface area contributed by atoms with E-state index in [4.69, 9.17) is 4.74 Å². The summed E-state index contributed by atoms with van der Waals surface area (Å²) in [5.41, 5.74) is 0.853. The molecule has 1 aromatic carbocycles. The predicted octanol–water partition coefficient (Wildman–Crippen LogP) is 1.85. The maximum atomic E-state index is 10.9. The number of methoxy groups -OCH3 is 1. The van der Waals surface area contributed by atoms with E-state index < -0.39 is 4.92 Å².